The third-order valence-corrected chi connectivity index (χ3v) is 2.54. The summed E-state index contributed by atoms with van der Waals surface area (Å²) in [7, 11) is 0. The van der Waals surface area contributed by atoms with Crippen molar-refractivity contribution in [1.82, 2.24) is 10.3 Å². The number of carboxylic acids is 1. The zero-order valence-electron chi connectivity index (χ0n) is 9.93. The van der Waals surface area contributed by atoms with Gasteiger partial charge < -0.3 is 14.8 Å². The Hall–Kier alpha value is -2.57. The Bertz CT molecular complexity index is 670. The highest BCUT2D eigenvalue weighted by Crippen LogP contribution is 2.12. The summed E-state index contributed by atoms with van der Waals surface area (Å²) in [4.78, 5) is 35.1. The smallest absolute Gasteiger partial charge is 0.417 e. The fraction of sp³-hybridized carbons (Fsp3) is 0.250. The monoisotopic (exact) mass is 264 g/mol. The molecule has 1 aromatic heterocycles. The van der Waals surface area contributed by atoms with E-state index in [1.807, 2.05) is 0 Å². The maximum absolute atomic E-state index is 11.3. The first-order valence-corrected chi connectivity index (χ1v) is 5.65. The van der Waals surface area contributed by atoms with Gasteiger partial charge >= 0.3 is 11.7 Å². The molecule has 0 saturated heterocycles. The Balaban J connectivity index is 1.95. The number of hydrogen-bond donors (Lipinski definition) is 3. The number of aromatic amines is 1. The number of amides is 1. The van der Waals surface area contributed by atoms with Crippen molar-refractivity contribution in [1.29, 1.82) is 0 Å². The van der Waals surface area contributed by atoms with E-state index in [0.29, 0.717) is 11.1 Å². The van der Waals surface area contributed by atoms with Crippen LogP contribution >= 0.6 is 0 Å². The second kappa shape index (κ2) is 5.38. The van der Waals surface area contributed by atoms with Crippen molar-refractivity contribution in [3.8, 4) is 0 Å². The van der Waals surface area contributed by atoms with Crippen LogP contribution in [-0.2, 0) is 16.1 Å². The summed E-state index contributed by atoms with van der Waals surface area (Å²) in [6.45, 7) is 0.253. The van der Waals surface area contributed by atoms with Gasteiger partial charge in [-0.05, 0) is 17.7 Å². The van der Waals surface area contributed by atoms with E-state index in [0.717, 1.165) is 5.56 Å². The molecule has 1 aromatic carbocycles. The van der Waals surface area contributed by atoms with Gasteiger partial charge in [0.15, 0.2) is 5.58 Å². The zero-order chi connectivity index (χ0) is 13.8. The fourth-order valence-electron chi connectivity index (χ4n) is 1.61. The van der Waals surface area contributed by atoms with Gasteiger partial charge in [0.2, 0.25) is 5.91 Å². The van der Waals surface area contributed by atoms with E-state index in [9.17, 15) is 14.4 Å². The minimum Gasteiger partial charge on any atom is -0.481 e. The lowest BCUT2D eigenvalue weighted by molar-refractivity contribution is -0.138. The molecule has 0 aliphatic carbocycles. The topological polar surface area (TPSA) is 112 Å². The Morgan fingerprint density at radius 3 is 2.84 bits per heavy atom. The quantitative estimate of drug-likeness (QED) is 0.732. The first-order chi connectivity index (χ1) is 9.04. The molecule has 7 nitrogen and oxygen atoms in total. The van der Waals surface area contributed by atoms with Crippen LogP contribution in [0.15, 0.2) is 27.4 Å². The molecule has 1 heterocycles. The molecule has 0 unspecified atom stereocenters. The number of aliphatic carboxylic acids is 1. The van der Waals surface area contributed by atoms with Gasteiger partial charge in [-0.15, -0.1) is 0 Å². The second-order valence-electron chi connectivity index (χ2n) is 4.02. The molecule has 3 N–H and O–H groups in total. The van der Waals surface area contributed by atoms with Gasteiger partial charge in [0.1, 0.15) is 0 Å². The summed E-state index contributed by atoms with van der Waals surface area (Å²) in [5.41, 5.74) is 1.77. The predicted molar refractivity (Wildman–Crippen MR) is 65.6 cm³/mol. The third kappa shape index (κ3) is 3.44. The molecule has 2 aromatic rings. The molecule has 0 aliphatic heterocycles. The van der Waals surface area contributed by atoms with E-state index in [2.05, 4.69) is 10.3 Å². The van der Waals surface area contributed by atoms with Crippen LogP contribution in [0.25, 0.3) is 11.1 Å². The highest BCUT2D eigenvalue weighted by atomic mass is 16.4. The van der Waals surface area contributed by atoms with Crippen molar-refractivity contribution < 1.29 is 19.1 Å². The molecule has 19 heavy (non-hydrogen) atoms. The van der Waals surface area contributed by atoms with E-state index in [1.54, 1.807) is 18.2 Å². The lowest BCUT2D eigenvalue weighted by atomic mass is 10.2. The standard InChI is InChI=1S/C12H12N2O5/c15-10(3-4-11(16)17)13-6-7-1-2-8-9(5-7)19-12(18)14-8/h1-2,5H,3-4,6H2,(H,13,15)(H,14,18)(H,16,17). The number of fused-ring (bicyclic) bond motifs is 1. The van der Waals surface area contributed by atoms with Crippen LogP contribution in [0.1, 0.15) is 18.4 Å². The summed E-state index contributed by atoms with van der Waals surface area (Å²) in [5.74, 6) is -1.87. The van der Waals surface area contributed by atoms with Crippen molar-refractivity contribution in [3.05, 3.63) is 34.3 Å². The molecular weight excluding hydrogens is 252 g/mol. The van der Waals surface area contributed by atoms with Crippen LogP contribution in [0, 0.1) is 0 Å². The molecule has 0 radical (unpaired) electrons. The number of carbonyl (C=O) groups excluding carboxylic acids is 1. The average Bonchev–Trinajstić information content (AvgIpc) is 2.73. The van der Waals surface area contributed by atoms with Gasteiger partial charge in [0.25, 0.3) is 0 Å². The van der Waals surface area contributed by atoms with Crippen molar-refractivity contribution in [2.45, 2.75) is 19.4 Å². The maximum Gasteiger partial charge on any atom is 0.417 e. The predicted octanol–water partition coefficient (Wildman–Crippen LogP) is 0.602. The molecule has 7 heteroatoms. The number of benzene rings is 1. The second-order valence-corrected chi connectivity index (χ2v) is 4.02. The minimum atomic E-state index is -1.01. The fourth-order valence-corrected chi connectivity index (χ4v) is 1.61. The average molecular weight is 264 g/mol. The maximum atomic E-state index is 11.3. The van der Waals surface area contributed by atoms with Gasteiger partial charge in [-0.2, -0.15) is 0 Å². The number of nitrogens with one attached hydrogen (secondary N) is 2. The molecule has 0 spiro atoms. The molecule has 100 valence electrons. The number of carbonyl (C=O) groups is 2. The molecule has 1 amide bonds. The Morgan fingerprint density at radius 2 is 2.11 bits per heavy atom. The molecule has 0 saturated carbocycles. The molecule has 2 rings (SSSR count). The third-order valence-electron chi connectivity index (χ3n) is 2.54. The number of aromatic nitrogens is 1. The van der Waals surface area contributed by atoms with Crippen molar-refractivity contribution in [2.24, 2.45) is 0 Å². The van der Waals surface area contributed by atoms with Crippen molar-refractivity contribution in [2.75, 3.05) is 0 Å². The highest BCUT2D eigenvalue weighted by Gasteiger charge is 2.06. The van der Waals surface area contributed by atoms with Crippen LogP contribution in [-0.4, -0.2) is 22.0 Å². The van der Waals surface area contributed by atoms with Crippen LogP contribution < -0.4 is 11.1 Å². The minimum absolute atomic E-state index is 0.0587. The largest absolute Gasteiger partial charge is 0.481 e. The molecular formula is C12H12N2O5. The number of rotatable bonds is 5. The van der Waals surface area contributed by atoms with E-state index >= 15 is 0 Å². The van der Waals surface area contributed by atoms with Crippen LogP contribution in [0.2, 0.25) is 0 Å². The number of H-pyrrole nitrogens is 1. The van der Waals surface area contributed by atoms with Crippen LogP contribution in [0.4, 0.5) is 0 Å². The molecule has 0 fully saturated rings. The summed E-state index contributed by atoms with van der Waals surface area (Å²) in [5, 5.41) is 11.0. The van der Waals surface area contributed by atoms with Gasteiger partial charge in [0, 0.05) is 13.0 Å². The van der Waals surface area contributed by atoms with Gasteiger partial charge in [0.05, 0.1) is 11.9 Å². The molecule has 0 atom stereocenters. The highest BCUT2D eigenvalue weighted by molar-refractivity contribution is 5.80. The molecule has 0 bridgehead atoms. The van der Waals surface area contributed by atoms with Crippen LogP contribution in [0.5, 0.6) is 0 Å². The first-order valence-electron chi connectivity index (χ1n) is 5.65. The first kappa shape index (κ1) is 12.9. The Morgan fingerprint density at radius 1 is 1.32 bits per heavy atom. The number of oxazole rings is 1. The van der Waals surface area contributed by atoms with Crippen molar-refractivity contribution >= 4 is 23.0 Å². The van der Waals surface area contributed by atoms with Gasteiger partial charge in [-0.25, -0.2) is 4.79 Å². The van der Waals surface area contributed by atoms with E-state index in [-0.39, 0.29) is 25.3 Å². The van der Waals surface area contributed by atoms with E-state index < -0.39 is 11.7 Å². The normalized spacial score (nSPS) is 10.5. The van der Waals surface area contributed by atoms with Crippen molar-refractivity contribution in [3.63, 3.8) is 0 Å². The van der Waals surface area contributed by atoms with Crippen LogP contribution in [0.3, 0.4) is 0 Å². The Labute approximate surface area is 107 Å². The van der Waals surface area contributed by atoms with Gasteiger partial charge in [-0.1, -0.05) is 6.07 Å². The van der Waals surface area contributed by atoms with E-state index in [1.165, 1.54) is 0 Å². The zero-order valence-corrected chi connectivity index (χ0v) is 9.93. The number of hydrogen-bond acceptors (Lipinski definition) is 4. The SMILES string of the molecule is O=C(O)CCC(=O)NCc1ccc2[nH]c(=O)oc2c1. The summed E-state index contributed by atoms with van der Waals surface area (Å²) < 4.78 is 4.89. The summed E-state index contributed by atoms with van der Waals surface area (Å²) >= 11 is 0. The lowest BCUT2D eigenvalue weighted by Gasteiger charge is -2.04. The van der Waals surface area contributed by atoms with Gasteiger partial charge in [-0.3, -0.25) is 14.6 Å². The van der Waals surface area contributed by atoms with E-state index in [4.69, 9.17) is 9.52 Å². The summed E-state index contributed by atoms with van der Waals surface area (Å²) in [6.07, 6.45) is -0.256. The Kier molecular flexibility index (Phi) is 3.65. The summed E-state index contributed by atoms with van der Waals surface area (Å²) in [6, 6.07) is 5.06. The molecule has 0 aliphatic rings. The number of carboxylic acid groups (broad SMARTS) is 1. The lowest BCUT2D eigenvalue weighted by Crippen LogP contribution is -2.23.